The first kappa shape index (κ1) is 20.8. The van der Waals surface area contributed by atoms with Crippen molar-refractivity contribution in [3.8, 4) is 0 Å². The highest BCUT2D eigenvalue weighted by Crippen LogP contribution is 2.22. The number of aryl methyl sites for hydroxylation is 2. The summed E-state index contributed by atoms with van der Waals surface area (Å²) >= 11 is 0. The molecular weight excluding hydrogens is 364 g/mol. The second-order valence-corrected chi connectivity index (χ2v) is 8.73. The van der Waals surface area contributed by atoms with Crippen LogP contribution in [0.5, 0.6) is 0 Å². The maximum absolute atomic E-state index is 12.4. The van der Waals surface area contributed by atoms with Gasteiger partial charge in [-0.2, -0.15) is 0 Å². The molecule has 144 valence electrons. The van der Waals surface area contributed by atoms with Crippen molar-refractivity contribution >= 4 is 27.4 Å². The first-order chi connectivity index (χ1) is 12.6. The highest BCUT2D eigenvalue weighted by atomic mass is 32.2. The second kappa shape index (κ2) is 8.45. The summed E-state index contributed by atoms with van der Waals surface area (Å²) in [6.07, 6.45) is 0.111. The number of ketones is 1. The zero-order valence-corrected chi connectivity index (χ0v) is 16.8. The molecule has 2 rings (SSSR count). The van der Waals surface area contributed by atoms with Gasteiger partial charge in [-0.3, -0.25) is 9.59 Å². The molecule has 0 aliphatic rings. The second-order valence-electron chi connectivity index (χ2n) is 6.61. The van der Waals surface area contributed by atoms with Crippen molar-refractivity contribution in [3.05, 3.63) is 59.2 Å². The Labute approximate surface area is 160 Å². The lowest BCUT2D eigenvalue weighted by Gasteiger charge is -2.15. The molecule has 0 aliphatic heterocycles. The summed E-state index contributed by atoms with van der Waals surface area (Å²) in [5.41, 5.74) is 2.61. The Morgan fingerprint density at radius 2 is 1.59 bits per heavy atom. The third-order valence-electron chi connectivity index (χ3n) is 4.18. The molecule has 0 radical (unpaired) electrons. The molecule has 1 N–H and O–H groups in total. The number of carbonyl (C=O) groups excluding carboxylic acids is 2. The number of Topliss-reactive ketones (excluding diaryl/α,β-unsaturated/α-hetero) is 1. The van der Waals surface area contributed by atoms with Gasteiger partial charge in [0.05, 0.1) is 4.90 Å². The Hall–Kier alpha value is -2.51. The van der Waals surface area contributed by atoms with Crippen molar-refractivity contribution in [1.29, 1.82) is 0 Å². The van der Waals surface area contributed by atoms with E-state index < -0.39 is 10.0 Å². The highest BCUT2D eigenvalue weighted by molar-refractivity contribution is 7.89. The summed E-state index contributed by atoms with van der Waals surface area (Å²) in [6.45, 7) is 3.64. The number of rotatable bonds is 7. The van der Waals surface area contributed by atoms with Crippen LogP contribution in [0.15, 0.2) is 47.4 Å². The normalized spacial score (nSPS) is 11.4. The van der Waals surface area contributed by atoms with Gasteiger partial charge in [0, 0.05) is 38.2 Å². The van der Waals surface area contributed by atoms with Gasteiger partial charge in [0.25, 0.3) is 0 Å². The van der Waals surface area contributed by atoms with Gasteiger partial charge in [-0.1, -0.05) is 35.9 Å². The molecule has 27 heavy (non-hydrogen) atoms. The number of hydrogen-bond acceptors (Lipinski definition) is 4. The van der Waals surface area contributed by atoms with Crippen LogP contribution in [0.4, 0.5) is 5.69 Å². The molecule has 0 fully saturated rings. The number of nitrogens with one attached hydrogen (secondary N) is 1. The van der Waals surface area contributed by atoms with Crippen LogP contribution >= 0.6 is 0 Å². The molecule has 0 bridgehead atoms. The number of sulfonamides is 1. The van der Waals surface area contributed by atoms with Crippen LogP contribution in [0.3, 0.4) is 0 Å². The minimum absolute atomic E-state index is 0.0242. The van der Waals surface area contributed by atoms with E-state index in [0.29, 0.717) is 16.8 Å². The monoisotopic (exact) mass is 388 g/mol. The summed E-state index contributed by atoms with van der Waals surface area (Å²) in [5.74, 6) is -0.447. The van der Waals surface area contributed by atoms with Crippen LogP contribution in [0.2, 0.25) is 0 Å². The Kier molecular flexibility index (Phi) is 6.51. The molecular formula is C20H24N2O4S. The van der Waals surface area contributed by atoms with E-state index in [-0.39, 0.29) is 29.4 Å². The maximum atomic E-state index is 12.4. The summed E-state index contributed by atoms with van der Waals surface area (Å²) in [5, 5.41) is 2.66. The number of nitrogens with zero attached hydrogens (tertiary/aromatic N) is 1. The minimum Gasteiger partial charge on any atom is -0.326 e. The molecule has 0 spiro atoms. The van der Waals surface area contributed by atoms with Crippen molar-refractivity contribution < 1.29 is 18.0 Å². The van der Waals surface area contributed by atoms with Crippen molar-refractivity contribution in [1.82, 2.24) is 4.31 Å². The lowest BCUT2D eigenvalue weighted by Crippen LogP contribution is -2.23. The average Bonchev–Trinajstić information content (AvgIpc) is 2.61. The topological polar surface area (TPSA) is 83.5 Å². The maximum Gasteiger partial charge on any atom is 0.242 e. The SMILES string of the molecule is Cc1ccc(C(=O)CCC(=O)Nc2ccc(C)c(S(=O)(=O)N(C)C)c2)cc1. The number of anilines is 1. The molecule has 0 aliphatic carbocycles. The standard InChI is InChI=1S/C20H24N2O4S/c1-14-5-8-16(9-6-14)18(23)11-12-20(24)21-17-10-7-15(2)19(13-17)27(25,26)22(3)4/h5-10,13H,11-12H2,1-4H3,(H,21,24). The van der Waals surface area contributed by atoms with E-state index >= 15 is 0 Å². The summed E-state index contributed by atoms with van der Waals surface area (Å²) in [6, 6.07) is 11.9. The van der Waals surface area contributed by atoms with Crippen LogP contribution in [0.25, 0.3) is 0 Å². The zero-order chi connectivity index (χ0) is 20.2. The highest BCUT2D eigenvalue weighted by Gasteiger charge is 2.20. The van der Waals surface area contributed by atoms with Gasteiger partial charge in [-0.05, 0) is 31.5 Å². The molecule has 0 atom stereocenters. The van der Waals surface area contributed by atoms with E-state index in [1.54, 1.807) is 31.2 Å². The molecule has 0 unspecified atom stereocenters. The van der Waals surface area contributed by atoms with Crippen molar-refractivity contribution in [2.24, 2.45) is 0 Å². The Morgan fingerprint density at radius 3 is 2.19 bits per heavy atom. The Bertz CT molecular complexity index is 948. The number of benzene rings is 2. The summed E-state index contributed by atoms with van der Waals surface area (Å²) in [4.78, 5) is 24.5. The quantitative estimate of drug-likeness (QED) is 0.739. The molecule has 0 aromatic heterocycles. The van der Waals surface area contributed by atoms with E-state index in [1.807, 2.05) is 19.1 Å². The predicted molar refractivity (Wildman–Crippen MR) is 105 cm³/mol. The minimum atomic E-state index is -3.60. The molecule has 0 saturated heterocycles. The van der Waals surface area contributed by atoms with Crippen molar-refractivity contribution in [2.45, 2.75) is 31.6 Å². The third-order valence-corrected chi connectivity index (χ3v) is 6.14. The van der Waals surface area contributed by atoms with Gasteiger partial charge >= 0.3 is 0 Å². The Balaban J connectivity index is 2.04. The van der Waals surface area contributed by atoms with E-state index in [2.05, 4.69) is 5.32 Å². The van der Waals surface area contributed by atoms with Gasteiger partial charge in [0.15, 0.2) is 5.78 Å². The fourth-order valence-electron chi connectivity index (χ4n) is 2.49. The molecule has 0 saturated carbocycles. The first-order valence-electron chi connectivity index (χ1n) is 8.54. The van der Waals surface area contributed by atoms with Crippen LogP contribution in [0, 0.1) is 13.8 Å². The lowest BCUT2D eigenvalue weighted by molar-refractivity contribution is -0.116. The largest absolute Gasteiger partial charge is 0.326 e. The summed E-state index contributed by atoms with van der Waals surface area (Å²) in [7, 11) is -0.693. The lowest BCUT2D eigenvalue weighted by atomic mass is 10.0. The number of amides is 1. The molecule has 2 aromatic rings. The molecule has 1 amide bonds. The van der Waals surface area contributed by atoms with Gasteiger partial charge in [-0.15, -0.1) is 0 Å². The van der Waals surface area contributed by atoms with E-state index in [0.717, 1.165) is 9.87 Å². The third kappa shape index (κ3) is 5.24. The Morgan fingerprint density at radius 1 is 0.963 bits per heavy atom. The fraction of sp³-hybridized carbons (Fsp3) is 0.300. The van der Waals surface area contributed by atoms with Gasteiger partial charge in [0.2, 0.25) is 15.9 Å². The molecule has 7 heteroatoms. The molecule has 0 heterocycles. The number of hydrogen-bond donors (Lipinski definition) is 1. The average molecular weight is 388 g/mol. The van der Waals surface area contributed by atoms with Crippen LogP contribution in [-0.2, 0) is 14.8 Å². The predicted octanol–water partition coefficient (Wildman–Crippen LogP) is 3.16. The fourth-order valence-corrected chi connectivity index (χ4v) is 3.63. The summed E-state index contributed by atoms with van der Waals surface area (Å²) < 4.78 is 25.8. The van der Waals surface area contributed by atoms with Crippen LogP contribution in [0.1, 0.15) is 34.3 Å². The zero-order valence-electron chi connectivity index (χ0n) is 15.9. The van der Waals surface area contributed by atoms with Crippen LogP contribution in [-0.4, -0.2) is 38.5 Å². The van der Waals surface area contributed by atoms with Gasteiger partial charge in [-0.25, -0.2) is 12.7 Å². The molecule has 2 aromatic carbocycles. The van der Waals surface area contributed by atoms with Gasteiger partial charge < -0.3 is 5.32 Å². The number of carbonyl (C=O) groups is 2. The molecule has 6 nitrogen and oxygen atoms in total. The van der Waals surface area contributed by atoms with Crippen molar-refractivity contribution in [2.75, 3.05) is 19.4 Å². The van der Waals surface area contributed by atoms with Crippen molar-refractivity contribution in [3.63, 3.8) is 0 Å². The van der Waals surface area contributed by atoms with Gasteiger partial charge in [0.1, 0.15) is 0 Å². The first-order valence-corrected chi connectivity index (χ1v) is 9.98. The van der Waals surface area contributed by atoms with E-state index in [4.69, 9.17) is 0 Å². The van der Waals surface area contributed by atoms with Crippen LogP contribution < -0.4 is 5.32 Å². The van der Waals surface area contributed by atoms with E-state index in [9.17, 15) is 18.0 Å². The smallest absolute Gasteiger partial charge is 0.242 e. The van der Waals surface area contributed by atoms with E-state index in [1.165, 1.54) is 20.2 Å².